The molecule has 12 heavy (non-hydrogen) atoms. The molecule has 0 radical (unpaired) electrons. The van der Waals surface area contributed by atoms with Crippen molar-refractivity contribution in [1.82, 2.24) is 9.97 Å². The molecule has 4 heteroatoms. The first-order chi connectivity index (χ1) is 5.64. The second-order valence-electron chi connectivity index (χ2n) is 3.21. The van der Waals surface area contributed by atoms with Crippen LogP contribution in [0, 0.1) is 0 Å². The largest absolute Gasteiger partial charge is 0.348 e. The predicted molar refractivity (Wildman–Crippen MR) is 50.5 cm³/mol. The van der Waals surface area contributed by atoms with Crippen LogP contribution in [-0.2, 0) is 0 Å². The Labute approximate surface area is 77.2 Å². The van der Waals surface area contributed by atoms with Crippen LogP contribution in [0.2, 0.25) is 0 Å². The standard InChI is InChI=1S/C8H12ClN3/c1-8(2,6-9)12-7-10-4-3-5-11-7/h3-5H,6H2,1-2H3,(H,10,11,12). The minimum Gasteiger partial charge on any atom is -0.348 e. The molecule has 0 aliphatic rings. The van der Waals surface area contributed by atoms with Crippen molar-refractivity contribution in [1.29, 1.82) is 0 Å². The van der Waals surface area contributed by atoms with Gasteiger partial charge >= 0.3 is 0 Å². The van der Waals surface area contributed by atoms with Gasteiger partial charge in [0.2, 0.25) is 5.95 Å². The number of hydrogen-bond donors (Lipinski definition) is 1. The molecular formula is C8H12ClN3. The molecule has 0 saturated heterocycles. The summed E-state index contributed by atoms with van der Waals surface area (Å²) in [6, 6.07) is 1.78. The second kappa shape index (κ2) is 3.72. The molecule has 1 aromatic rings. The molecule has 0 fully saturated rings. The molecule has 0 aliphatic carbocycles. The Morgan fingerprint density at radius 2 is 2.00 bits per heavy atom. The van der Waals surface area contributed by atoms with E-state index in [9.17, 15) is 0 Å². The summed E-state index contributed by atoms with van der Waals surface area (Å²) in [4.78, 5) is 8.06. The van der Waals surface area contributed by atoms with Gasteiger partial charge < -0.3 is 5.32 Å². The molecule has 1 heterocycles. The first-order valence-electron chi connectivity index (χ1n) is 3.75. The maximum absolute atomic E-state index is 5.73. The van der Waals surface area contributed by atoms with Crippen LogP contribution < -0.4 is 5.32 Å². The lowest BCUT2D eigenvalue weighted by Gasteiger charge is -2.22. The minimum atomic E-state index is -0.164. The zero-order valence-corrected chi connectivity index (χ0v) is 7.97. The van der Waals surface area contributed by atoms with Crippen molar-refractivity contribution in [2.24, 2.45) is 0 Å². The fourth-order valence-corrected chi connectivity index (χ4v) is 0.767. The number of nitrogens with zero attached hydrogens (tertiary/aromatic N) is 2. The summed E-state index contributed by atoms with van der Waals surface area (Å²) in [5.41, 5.74) is -0.164. The van der Waals surface area contributed by atoms with Gasteiger partial charge in [-0.3, -0.25) is 0 Å². The summed E-state index contributed by atoms with van der Waals surface area (Å²) in [5.74, 6) is 1.13. The quantitative estimate of drug-likeness (QED) is 0.732. The van der Waals surface area contributed by atoms with Gasteiger partial charge in [0.15, 0.2) is 0 Å². The van der Waals surface area contributed by atoms with Crippen LogP contribution in [0.1, 0.15) is 13.8 Å². The van der Waals surface area contributed by atoms with Gasteiger partial charge in [0.25, 0.3) is 0 Å². The van der Waals surface area contributed by atoms with Crippen molar-refractivity contribution in [3.05, 3.63) is 18.5 Å². The first-order valence-corrected chi connectivity index (χ1v) is 4.29. The highest BCUT2D eigenvalue weighted by atomic mass is 35.5. The highest BCUT2D eigenvalue weighted by Gasteiger charge is 2.16. The molecule has 0 aromatic carbocycles. The highest BCUT2D eigenvalue weighted by Crippen LogP contribution is 2.10. The summed E-state index contributed by atoms with van der Waals surface area (Å²) in [6.07, 6.45) is 3.39. The molecule has 66 valence electrons. The molecule has 0 amide bonds. The van der Waals surface area contributed by atoms with Gasteiger partial charge in [-0.15, -0.1) is 11.6 Å². The number of alkyl halides is 1. The Bertz CT molecular complexity index is 235. The zero-order valence-electron chi connectivity index (χ0n) is 7.21. The summed E-state index contributed by atoms with van der Waals surface area (Å²) in [6.45, 7) is 3.99. The Kier molecular flexibility index (Phi) is 2.87. The average Bonchev–Trinajstić information content (AvgIpc) is 2.06. The van der Waals surface area contributed by atoms with Crippen LogP contribution in [0.25, 0.3) is 0 Å². The van der Waals surface area contributed by atoms with E-state index in [0.717, 1.165) is 0 Å². The number of rotatable bonds is 3. The molecule has 3 nitrogen and oxygen atoms in total. The van der Waals surface area contributed by atoms with E-state index >= 15 is 0 Å². The Morgan fingerprint density at radius 3 is 2.50 bits per heavy atom. The number of anilines is 1. The Balaban J connectivity index is 2.64. The Morgan fingerprint density at radius 1 is 1.42 bits per heavy atom. The minimum absolute atomic E-state index is 0.164. The third-order valence-electron chi connectivity index (χ3n) is 1.35. The van der Waals surface area contributed by atoms with Gasteiger partial charge in [0.05, 0.1) is 0 Å². The van der Waals surface area contributed by atoms with E-state index in [1.165, 1.54) is 0 Å². The maximum Gasteiger partial charge on any atom is 0.223 e. The highest BCUT2D eigenvalue weighted by molar-refractivity contribution is 6.18. The van der Waals surface area contributed by atoms with E-state index in [-0.39, 0.29) is 5.54 Å². The number of nitrogens with one attached hydrogen (secondary N) is 1. The molecule has 0 spiro atoms. The lowest BCUT2D eigenvalue weighted by molar-refractivity contribution is 0.633. The van der Waals surface area contributed by atoms with Crippen molar-refractivity contribution in [3.63, 3.8) is 0 Å². The number of hydrogen-bond acceptors (Lipinski definition) is 3. The zero-order chi connectivity index (χ0) is 9.03. The summed E-state index contributed by atoms with van der Waals surface area (Å²) in [5, 5.41) is 3.11. The number of aromatic nitrogens is 2. The molecule has 1 aromatic heterocycles. The summed E-state index contributed by atoms with van der Waals surface area (Å²) >= 11 is 5.73. The van der Waals surface area contributed by atoms with E-state index in [2.05, 4.69) is 15.3 Å². The third-order valence-corrected chi connectivity index (χ3v) is 2.02. The molecule has 0 saturated carbocycles. The molecule has 1 N–H and O–H groups in total. The van der Waals surface area contributed by atoms with Gasteiger partial charge in [0, 0.05) is 23.8 Å². The molecule has 0 unspecified atom stereocenters. The smallest absolute Gasteiger partial charge is 0.223 e. The fraction of sp³-hybridized carbons (Fsp3) is 0.500. The normalized spacial score (nSPS) is 11.2. The first kappa shape index (κ1) is 9.26. The number of halogens is 1. The molecular weight excluding hydrogens is 174 g/mol. The van der Waals surface area contributed by atoms with Crippen LogP contribution >= 0.6 is 11.6 Å². The van der Waals surface area contributed by atoms with Crippen molar-refractivity contribution < 1.29 is 0 Å². The predicted octanol–water partition coefficient (Wildman–Crippen LogP) is 1.91. The van der Waals surface area contributed by atoms with Crippen molar-refractivity contribution in [2.75, 3.05) is 11.2 Å². The molecule has 1 rings (SSSR count). The van der Waals surface area contributed by atoms with Gasteiger partial charge in [-0.25, -0.2) is 9.97 Å². The topological polar surface area (TPSA) is 37.8 Å². The summed E-state index contributed by atoms with van der Waals surface area (Å²) in [7, 11) is 0. The van der Waals surface area contributed by atoms with Gasteiger partial charge in [-0.05, 0) is 19.9 Å². The molecule has 0 aliphatic heterocycles. The van der Waals surface area contributed by atoms with E-state index in [0.29, 0.717) is 11.8 Å². The van der Waals surface area contributed by atoms with Crippen LogP contribution in [0.4, 0.5) is 5.95 Å². The van der Waals surface area contributed by atoms with E-state index in [1.54, 1.807) is 18.5 Å². The van der Waals surface area contributed by atoms with Crippen LogP contribution in [0.3, 0.4) is 0 Å². The SMILES string of the molecule is CC(C)(CCl)Nc1ncccn1. The van der Waals surface area contributed by atoms with E-state index in [1.807, 2.05) is 13.8 Å². The van der Waals surface area contributed by atoms with E-state index < -0.39 is 0 Å². The van der Waals surface area contributed by atoms with Gasteiger partial charge in [-0.2, -0.15) is 0 Å². The third kappa shape index (κ3) is 2.66. The maximum atomic E-state index is 5.73. The van der Waals surface area contributed by atoms with Crippen LogP contribution in [-0.4, -0.2) is 21.4 Å². The van der Waals surface area contributed by atoms with Crippen molar-refractivity contribution in [3.8, 4) is 0 Å². The van der Waals surface area contributed by atoms with Gasteiger partial charge in [0.1, 0.15) is 0 Å². The molecule has 0 bridgehead atoms. The van der Waals surface area contributed by atoms with Crippen LogP contribution in [0.5, 0.6) is 0 Å². The monoisotopic (exact) mass is 185 g/mol. The van der Waals surface area contributed by atoms with Crippen molar-refractivity contribution >= 4 is 17.5 Å². The average molecular weight is 186 g/mol. The molecule has 0 atom stereocenters. The lowest BCUT2D eigenvalue weighted by atomic mass is 10.1. The summed E-state index contributed by atoms with van der Waals surface area (Å²) < 4.78 is 0. The second-order valence-corrected chi connectivity index (χ2v) is 3.48. The Hall–Kier alpha value is -0.830. The van der Waals surface area contributed by atoms with Gasteiger partial charge in [-0.1, -0.05) is 0 Å². The van der Waals surface area contributed by atoms with E-state index in [4.69, 9.17) is 11.6 Å². The van der Waals surface area contributed by atoms with Crippen molar-refractivity contribution in [2.45, 2.75) is 19.4 Å². The lowest BCUT2D eigenvalue weighted by Crippen LogP contribution is -2.33. The fourth-order valence-electron chi connectivity index (χ4n) is 0.700. The van der Waals surface area contributed by atoms with Crippen LogP contribution in [0.15, 0.2) is 18.5 Å².